The molecule has 1 aromatic carbocycles. The summed E-state index contributed by atoms with van der Waals surface area (Å²) in [5.74, 6) is 0. The molecule has 0 aliphatic carbocycles. The van der Waals surface area contributed by atoms with Crippen molar-refractivity contribution in [3.63, 3.8) is 0 Å². The van der Waals surface area contributed by atoms with E-state index in [0.717, 1.165) is 34.0 Å². The van der Waals surface area contributed by atoms with Crippen LogP contribution in [0, 0.1) is 13.8 Å². The van der Waals surface area contributed by atoms with E-state index in [0.29, 0.717) is 4.90 Å². The molecule has 0 bridgehead atoms. The second-order valence-electron chi connectivity index (χ2n) is 4.96. The Morgan fingerprint density at radius 3 is 2.38 bits per heavy atom. The first kappa shape index (κ1) is 16.1. The minimum atomic E-state index is -3.47. The maximum atomic E-state index is 12.3. The third-order valence-corrected chi connectivity index (χ3v) is 5.68. The first-order valence-corrected chi connectivity index (χ1v) is 9.24. The average Bonchev–Trinajstić information content (AvgIpc) is 2.76. The SMILES string of the molecule is CCCc1ccc(S(=O)(=O)NCc2sc(C)nc2C)cc1. The molecule has 0 aliphatic heterocycles. The van der Waals surface area contributed by atoms with Gasteiger partial charge in [0, 0.05) is 11.4 Å². The molecule has 2 rings (SSSR count). The second kappa shape index (κ2) is 6.68. The largest absolute Gasteiger partial charge is 0.247 e. The third kappa shape index (κ3) is 4.12. The quantitative estimate of drug-likeness (QED) is 0.888. The second-order valence-corrected chi connectivity index (χ2v) is 8.01. The smallest absolute Gasteiger partial charge is 0.240 e. The zero-order chi connectivity index (χ0) is 15.5. The maximum Gasteiger partial charge on any atom is 0.240 e. The molecule has 0 amide bonds. The van der Waals surface area contributed by atoms with Gasteiger partial charge >= 0.3 is 0 Å². The van der Waals surface area contributed by atoms with Crippen LogP contribution in [0.1, 0.15) is 34.5 Å². The minimum absolute atomic E-state index is 0.288. The molecule has 0 unspecified atom stereocenters. The molecule has 0 spiro atoms. The Kier molecular flexibility index (Phi) is 5.13. The Bertz CT molecular complexity index is 704. The van der Waals surface area contributed by atoms with Crippen LogP contribution in [0.15, 0.2) is 29.2 Å². The molecule has 1 aromatic heterocycles. The highest BCUT2D eigenvalue weighted by molar-refractivity contribution is 7.89. The normalized spacial score (nSPS) is 11.8. The van der Waals surface area contributed by atoms with Crippen molar-refractivity contribution in [2.45, 2.75) is 45.1 Å². The lowest BCUT2D eigenvalue weighted by Crippen LogP contribution is -2.23. The first-order chi connectivity index (χ1) is 9.92. The Labute approximate surface area is 130 Å². The Morgan fingerprint density at radius 1 is 1.19 bits per heavy atom. The lowest BCUT2D eigenvalue weighted by molar-refractivity contribution is 0.581. The highest BCUT2D eigenvalue weighted by Crippen LogP contribution is 2.18. The number of nitrogens with one attached hydrogen (secondary N) is 1. The summed E-state index contributed by atoms with van der Waals surface area (Å²) in [6, 6.07) is 7.08. The Balaban J connectivity index is 2.09. The zero-order valence-corrected chi connectivity index (χ0v) is 14.1. The number of hydrogen-bond acceptors (Lipinski definition) is 4. The van der Waals surface area contributed by atoms with E-state index < -0.39 is 10.0 Å². The predicted octanol–water partition coefficient (Wildman–Crippen LogP) is 3.19. The molecule has 114 valence electrons. The lowest BCUT2D eigenvalue weighted by Gasteiger charge is -2.07. The summed E-state index contributed by atoms with van der Waals surface area (Å²) < 4.78 is 27.2. The zero-order valence-electron chi connectivity index (χ0n) is 12.5. The van der Waals surface area contributed by atoms with Gasteiger partial charge in [0.25, 0.3) is 0 Å². The van der Waals surface area contributed by atoms with Crippen LogP contribution in [0.4, 0.5) is 0 Å². The number of thiazole rings is 1. The summed E-state index contributed by atoms with van der Waals surface area (Å²) in [6.45, 7) is 6.21. The number of rotatable bonds is 6. The van der Waals surface area contributed by atoms with Crippen molar-refractivity contribution in [2.24, 2.45) is 0 Å². The summed E-state index contributed by atoms with van der Waals surface area (Å²) >= 11 is 1.52. The van der Waals surface area contributed by atoms with Gasteiger partial charge in [0.15, 0.2) is 0 Å². The number of benzene rings is 1. The molecular weight excluding hydrogens is 304 g/mol. The first-order valence-electron chi connectivity index (χ1n) is 6.94. The van der Waals surface area contributed by atoms with Crippen molar-refractivity contribution in [3.8, 4) is 0 Å². The Morgan fingerprint density at radius 2 is 1.86 bits per heavy atom. The van der Waals surface area contributed by atoms with Gasteiger partial charge in [-0.05, 0) is 38.0 Å². The van der Waals surface area contributed by atoms with E-state index in [1.807, 2.05) is 26.0 Å². The molecule has 6 heteroatoms. The molecule has 1 N–H and O–H groups in total. The van der Waals surface area contributed by atoms with Gasteiger partial charge < -0.3 is 0 Å². The van der Waals surface area contributed by atoms with Crippen LogP contribution in [-0.4, -0.2) is 13.4 Å². The maximum absolute atomic E-state index is 12.3. The summed E-state index contributed by atoms with van der Waals surface area (Å²) in [5.41, 5.74) is 2.05. The van der Waals surface area contributed by atoms with Crippen LogP contribution in [0.5, 0.6) is 0 Å². The van der Waals surface area contributed by atoms with Gasteiger partial charge in [0.05, 0.1) is 15.6 Å². The number of hydrogen-bond donors (Lipinski definition) is 1. The number of nitrogens with zero attached hydrogens (tertiary/aromatic N) is 1. The average molecular weight is 324 g/mol. The van der Waals surface area contributed by atoms with E-state index >= 15 is 0 Å². The molecule has 1 heterocycles. The van der Waals surface area contributed by atoms with Crippen molar-refractivity contribution in [1.29, 1.82) is 0 Å². The fraction of sp³-hybridized carbons (Fsp3) is 0.400. The molecule has 0 atom stereocenters. The Hall–Kier alpha value is -1.24. The van der Waals surface area contributed by atoms with Crippen molar-refractivity contribution < 1.29 is 8.42 Å². The number of sulfonamides is 1. The summed E-state index contributed by atoms with van der Waals surface area (Å²) in [6.07, 6.45) is 2.02. The summed E-state index contributed by atoms with van der Waals surface area (Å²) in [7, 11) is -3.47. The van der Waals surface area contributed by atoms with Crippen molar-refractivity contribution >= 4 is 21.4 Å². The van der Waals surface area contributed by atoms with E-state index in [2.05, 4.69) is 16.6 Å². The van der Waals surface area contributed by atoms with E-state index in [1.165, 1.54) is 11.3 Å². The van der Waals surface area contributed by atoms with Gasteiger partial charge in [0.1, 0.15) is 0 Å². The van der Waals surface area contributed by atoms with E-state index in [4.69, 9.17) is 0 Å². The summed E-state index contributed by atoms with van der Waals surface area (Å²) in [4.78, 5) is 5.56. The predicted molar refractivity (Wildman–Crippen MR) is 86.1 cm³/mol. The van der Waals surface area contributed by atoms with Crippen LogP contribution in [0.3, 0.4) is 0 Å². The molecule has 0 saturated heterocycles. The molecule has 0 saturated carbocycles. The van der Waals surface area contributed by atoms with Crippen LogP contribution in [0.2, 0.25) is 0 Å². The number of aromatic nitrogens is 1. The van der Waals surface area contributed by atoms with Gasteiger partial charge in [-0.3, -0.25) is 0 Å². The van der Waals surface area contributed by atoms with E-state index in [9.17, 15) is 8.42 Å². The van der Waals surface area contributed by atoms with E-state index in [-0.39, 0.29) is 6.54 Å². The van der Waals surface area contributed by atoms with Gasteiger partial charge in [0.2, 0.25) is 10.0 Å². The van der Waals surface area contributed by atoms with Gasteiger partial charge in [-0.2, -0.15) is 0 Å². The van der Waals surface area contributed by atoms with Crippen LogP contribution >= 0.6 is 11.3 Å². The fourth-order valence-corrected chi connectivity index (χ4v) is 4.07. The van der Waals surface area contributed by atoms with Crippen molar-refractivity contribution in [2.75, 3.05) is 0 Å². The van der Waals surface area contributed by atoms with Gasteiger partial charge in [-0.15, -0.1) is 11.3 Å². The minimum Gasteiger partial charge on any atom is -0.247 e. The van der Waals surface area contributed by atoms with Crippen molar-refractivity contribution in [3.05, 3.63) is 45.4 Å². The van der Waals surface area contributed by atoms with Crippen LogP contribution in [0.25, 0.3) is 0 Å². The molecule has 2 aromatic rings. The standard InChI is InChI=1S/C15H20N2O2S2/c1-4-5-13-6-8-14(9-7-13)21(18,19)16-10-15-11(2)17-12(3)20-15/h6-9,16H,4-5,10H2,1-3H3. The van der Waals surface area contributed by atoms with E-state index in [1.54, 1.807) is 12.1 Å². The number of aryl methyl sites for hydroxylation is 3. The molecule has 4 nitrogen and oxygen atoms in total. The highest BCUT2D eigenvalue weighted by atomic mass is 32.2. The third-order valence-electron chi connectivity index (χ3n) is 3.19. The molecule has 0 radical (unpaired) electrons. The lowest BCUT2D eigenvalue weighted by atomic mass is 10.1. The van der Waals surface area contributed by atoms with Crippen molar-refractivity contribution in [1.82, 2.24) is 9.71 Å². The monoisotopic (exact) mass is 324 g/mol. The topological polar surface area (TPSA) is 59.1 Å². The molecular formula is C15H20N2O2S2. The van der Waals surface area contributed by atoms with Crippen LogP contribution in [-0.2, 0) is 23.0 Å². The van der Waals surface area contributed by atoms with Gasteiger partial charge in [-0.25, -0.2) is 18.1 Å². The van der Waals surface area contributed by atoms with Crippen LogP contribution < -0.4 is 4.72 Å². The molecule has 0 fully saturated rings. The van der Waals surface area contributed by atoms with Gasteiger partial charge in [-0.1, -0.05) is 25.5 Å². The fourth-order valence-electron chi connectivity index (χ4n) is 2.11. The molecule has 0 aliphatic rings. The molecule has 21 heavy (non-hydrogen) atoms. The highest BCUT2D eigenvalue weighted by Gasteiger charge is 2.15. The summed E-state index contributed by atoms with van der Waals surface area (Å²) in [5, 5.41) is 0.950.